The van der Waals surface area contributed by atoms with Gasteiger partial charge in [0.2, 0.25) is 5.91 Å². The van der Waals surface area contributed by atoms with Crippen LogP contribution in [0.5, 0.6) is 0 Å². The van der Waals surface area contributed by atoms with Gasteiger partial charge in [0.1, 0.15) is 0 Å². The maximum Gasteiger partial charge on any atom is 0.221 e. The van der Waals surface area contributed by atoms with Crippen LogP contribution in [0.1, 0.15) is 20.8 Å². The topological polar surface area (TPSA) is 38.3 Å². The number of hydrogen-bond donors (Lipinski definition) is 1. The van der Waals surface area contributed by atoms with Gasteiger partial charge in [-0.3, -0.25) is 4.79 Å². The standard InChI is InChI=1S/C13H16F2NO2.Ti/c1-4-18-8-13(2,3)12(17)16-11-6-5-9(14)7-10(11)15;/h5-6H,4,8H2,1-3H3,(H,16,17);/q-1;. The minimum atomic E-state index is -0.921. The van der Waals surface area contributed by atoms with E-state index in [9.17, 15) is 13.6 Å². The van der Waals surface area contributed by atoms with E-state index in [1.54, 1.807) is 13.8 Å². The number of carbonyl (C=O) groups is 1. The van der Waals surface area contributed by atoms with Gasteiger partial charge in [0.25, 0.3) is 0 Å². The molecule has 0 aliphatic heterocycles. The van der Waals surface area contributed by atoms with E-state index in [-0.39, 0.29) is 34.0 Å². The molecule has 3 nitrogen and oxygen atoms in total. The minimum absolute atomic E-state index is 0. The number of carbonyl (C=O) groups excluding carboxylic acids is 1. The summed E-state index contributed by atoms with van der Waals surface area (Å²) < 4.78 is 31.2. The Morgan fingerprint density at radius 2 is 2.05 bits per heavy atom. The second-order valence-electron chi connectivity index (χ2n) is 4.51. The van der Waals surface area contributed by atoms with Gasteiger partial charge in [-0.1, -0.05) is 0 Å². The van der Waals surface area contributed by atoms with E-state index in [0.717, 1.165) is 12.1 Å². The first-order chi connectivity index (χ1) is 8.36. The smallest absolute Gasteiger partial charge is 0.221 e. The zero-order valence-electron chi connectivity index (χ0n) is 11.1. The number of amides is 1. The Morgan fingerprint density at radius 3 is 2.58 bits per heavy atom. The molecule has 1 rings (SSSR count). The average Bonchev–Trinajstić information content (AvgIpc) is 2.30. The molecule has 0 aliphatic carbocycles. The quantitative estimate of drug-likeness (QED) is 0.671. The molecule has 1 aromatic rings. The van der Waals surface area contributed by atoms with Crippen LogP contribution < -0.4 is 5.32 Å². The Labute approximate surface area is 126 Å². The van der Waals surface area contributed by atoms with E-state index < -0.39 is 23.0 Å². The normalized spacial score (nSPS) is 10.8. The zero-order valence-corrected chi connectivity index (χ0v) is 12.7. The molecule has 19 heavy (non-hydrogen) atoms. The van der Waals surface area contributed by atoms with Crippen molar-refractivity contribution < 1.29 is 40.0 Å². The van der Waals surface area contributed by atoms with Crippen LogP contribution in [0, 0.1) is 23.1 Å². The summed E-state index contributed by atoms with van der Waals surface area (Å²) >= 11 is 0. The summed E-state index contributed by atoms with van der Waals surface area (Å²) in [4.78, 5) is 11.9. The van der Waals surface area contributed by atoms with Crippen molar-refractivity contribution in [3.8, 4) is 0 Å². The Morgan fingerprint density at radius 1 is 1.42 bits per heavy atom. The Bertz CT molecular complexity index is 439. The predicted octanol–water partition coefficient (Wildman–Crippen LogP) is 2.76. The second kappa shape index (κ2) is 7.73. The van der Waals surface area contributed by atoms with E-state index in [4.69, 9.17) is 4.74 Å². The van der Waals surface area contributed by atoms with Crippen molar-refractivity contribution in [2.24, 2.45) is 5.41 Å². The van der Waals surface area contributed by atoms with Gasteiger partial charge in [0, 0.05) is 40.0 Å². The van der Waals surface area contributed by atoms with Gasteiger partial charge in [-0.2, -0.15) is 0 Å². The molecule has 1 aromatic carbocycles. The number of benzene rings is 1. The summed E-state index contributed by atoms with van der Waals surface area (Å²) in [6.07, 6.45) is 0. The van der Waals surface area contributed by atoms with Gasteiger partial charge in [0.15, 0.2) is 0 Å². The number of halogens is 2. The first kappa shape index (κ1) is 18.2. The van der Waals surface area contributed by atoms with Crippen LogP contribution in [0.25, 0.3) is 0 Å². The van der Waals surface area contributed by atoms with Crippen LogP contribution >= 0.6 is 0 Å². The maximum absolute atomic E-state index is 13.3. The molecule has 104 valence electrons. The molecule has 0 atom stereocenters. The number of nitrogens with one attached hydrogen (secondary N) is 1. The van der Waals surface area contributed by atoms with E-state index in [1.165, 1.54) is 0 Å². The van der Waals surface area contributed by atoms with Crippen LogP contribution in [-0.4, -0.2) is 19.1 Å². The van der Waals surface area contributed by atoms with E-state index in [2.05, 4.69) is 5.32 Å². The van der Waals surface area contributed by atoms with Gasteiger partial charge in [0.05, 0.1) is 12.0 Å². The summed E-state index contributed by atoms with van der Waals surface area (Å²) in [6.45, 7) is 5.91. The Kier molecular flexibility index (Phi) is 7.41. The van der Waals surface area contributed by atoms with Crippen molar-refractivity contribution in [2.45, 2.75) is 20.8 Å². The first-order valence-corrected chi connectivity index (χ1v) is 5.63. The van der Waals surface area contributed by atoms with E-state index >= 15 is 0 Å². The molecule has 0 saturated heterocycles. The number of hydrogen-bond acceptors (Lipinski definition) is 2. The van der Waals surface area contributed by atoms with Gasteiger partial charge < -0.3 is 10.1 Å². The Balaban J connectivity index is 0.00000324. The third-order valence-electron chi connectivity index (χ3n) is 2.39. The van der Waals surface area contributed by atoms with Gasteiger partial charge in [-0.05, 0) is 26.5 Å². The molecule has 0 spiro atoms. The molecule has 1 amide bonds. The fraction of sp³-hybridized carbons (Fsp3) is 0.462. The van der Waals surface area contributed by atoms with Gasteiger partial charge in [-0.25, -0.2) is 8.78 Å². The predicted molar refractivity (Wildman–Crippen MR) is 64.1 cm³/mol. The second-order valence-corrected chi connectivity index (χ2v) is 4.51. The van der Waals surface area contributed by atoms with Gasteiger partial charge in [-0.15, -0.1) is 18.2 Å². The summed E-state index contributed by atoms with van der Waals surface area (Å²) in [7, 11) is 0. The molecular formula is C13H16F2NO2Ti-. The van der Waals surface area contributed by atoms with Crippen molar-refractivity contribution in [1.82, 2.24) is 0 Å². The van der Waals surface area contributed by atoms with E-state index in [0.29, 0.717) is 6.61 Å². The van der Waals surface area contributed by atoms with Crippen LogP contribution in [0.3, 0.4) is 0 Å². The minimum Gasteiger partial charge on any atom is -0.381 e. The van der Waals surface area contributed by atoms with Crippen molar-refractivity contribution in [3.05, 3.63) is 29.8 Å². The van der Waals surface area contributed by atoms with Crippen molar-refractivity contribution in [2.75, 3.05) is 18.5 Å². The summed E-state index contributed by atoms with van der Waals surface area (Å²) in [5.41, 5.74) is -0.886. The third-order valence-corrected chi connectivity index (χ3v) is 2.39. The third kappa shape index (κ3) is 5.39. The molecule has 0 bridgehead atoms. The molecular weight excluding hydrogens is 288 g/mol. The summed E-state index contributed by atoms with van der Waals surface area (Å²) in [5.74, 6) is -2.12. The Hall–Kier alpha value is -0.776. The maximum atomic E-state index is 13.3. The van der Waals surface area contributed by atoms with Crippen molar-refractivity contribution >= 4 is 11.6 Å². The van der Waals surface area contributed by atoms with Crippen LogP contribution in [0.2, 0.25) is 0 Å². The number of ether oxygens (including phenoxy) is 1. The monoisotopic (exact) mass is 304 g/mol. The molecule has 6 heteroatoms. The van der Waals surface area contributed by atoms with Crippen LogP contribution in [0.4, 0.5) is 14.5 Å². The first-order valence-electron chi connectivity index (χ1n) is 5.63. The van der Waals surface area contributed by atoms with Crippen molar-refractivity contribution in [3.63, 3.8) is 0 Å². The van der Waals surface area contributed by atoms with Crippen molar-refractivity contribution in [1.29, 1.82) is 0 Å². The van der Waals surface area contributed by atoms with Crippen LogP contribution in [0.15, 0.2) is 12.1 Å². The molecule has 0 aliphatic rings. The molecule has 0 aromatic heterocycles. The fourth-order valence-corrected chi connectivity index (χ4v) is 1.25. The molecule has 0 saturated carbocycles. The average molecular weight is 304 g/mol. The molecule has 1 N–H and O–H groups in total. The molecule has 0 fully saturated rings. The van der Waals surface area contributed by atoms with Gasteiger partial charge >= 0.3 is 0 Å². The number of anilines is 1. The molecule has 0 heterocycles. The van der Waals surface area contributed by atoms with Crippen LogP contribution in [-0.2, 0) is 31.2 Å². The number of rotatable bonds is 5. The largest absolute Gasteiger partial charge is 0.381 e. The summed E-state index contributed by atoms with van der Waals surface area (Å²) in [6, 6.07) is 4.06. The SMILES string of the molecule is CCOCC(C)(C)C(=O)Nc1ccc(F)[c-]c1F.[Ti]. The summed E-state index contributed by atoms with van der Waals surface area (Å²) in [5, 5.41) is 2.39. The molecule has 0 radical (unpaired) electrons. The zero-order chi connectivity index (χ0) is 13.8. The van der Waals surface area contributed by atoms with E-state index in [1.807, 2.05) is 13.0 Å². The fourth-order valence-electron chi connectivity index (χ4n) is 1.25. The molecule has 0 unspecified atom stereocenters.